The summed E-state index contributed by atoms with van der Waals surface area (Å²) in [5.41, 5.74) is 5.68. The highest BCUT2D eigenvalue weighted by molar-refractivity contribution is 8.00. The van der Waals surface area contributed by atoms with Crippen molar-refractivity contribution in [3.63, 3.8) is 0 Å². The Kier molecular flexibility index (Phi) is 11.5. The zero-order chi connectivity index (χ0) is 15.4. The third kappa shape index (κ3) is 9.17. The van der Waals surface area contributed by atoms with E-state index < -0.39 is 6.04 Å². The van der Waals surface area contributed by atoms with Crippen LogP contribution in [-0.4, -0.2) is 55.8 Å². The van der Waals surface area contributed by atoms with Gasteiger partial charge in [-0.3, -0.25) is 9.59 Å². The number of carbonyl (C=O) groups is 2. The zero-order valence-electron chi connectivity index (χ0n) is 12.5. The van der Waals surface area contributed by atoms with Crippen molar-refractivity contribution in [1.82, 2.24) is 5.32 Å². The largest absolute Gasteiger partial charge is 0.465 e. The molecule has 2 unspecified atom stereocenters. The van der Waals surface area contributed by atoms with Gasteiger partial charge in [-0.15, -0.1) is 11.8 Å². The molecule has 2 atom stereocenters. The van der Waals surface area contributed by atoms with Gasteiger partial charge >= 0.3 is 5.97 Å². The van der Waals surface area contributed by atoms with Gasteiger partial charge in [-0.25, -0.2) is 0 Å². The number of carbonyl (C=O) groups excluding carboxylic acids is 2. The molecule has 0 saturated carbocycles. The van der Waals surface area contributed by atoms with Crippen molar-refractivity contribution in [1.29, 1.82) is 0 Å². The van der Waals surface area contributed by atoms with Crippen molar-refractivity contribution in [2.24, 2.45) is 5.73 Å². The summed E-state index contributed by atoms with van der Waals surface area (Å²) >= 11 is 1.48. The molecule has 0 heterocycles. The van der Waals surface area contributed by atoms with Crippen LogP contribution in [0.5, 0.6) is 0 Å². The summed E-state index contributed by atoms with van der Waals surface area (Å²) in [4.78, 5) is 23.0. The second-order valence-corrected chi connectivity index (χ2v) is 5.75. The molecule has 3 N–H and O–H groups in total. The molecule has 0 aliphatic rings. The minimum atomic E-state index is -0.612. The van der Waals surface area contributed by atoms with Crippen LogP contribution >= 0.6 is 11.8 Å². The quantitative estimate of drug-likeness (QED) is 0.428. The summed E-state index contributed by atoms with van der Waals surface area (Å²) in [6.45, 7) is 5.16. The molecule has 0 aromatic carbocycles. The molecule has 0 saturated heterocycles. The third-order valence-electron chi connectivity index (χ3n) is 2.58. The number of hydrogen-bond acceptors (Lipinski definition) is 6. The van der Waals surface area contributed by atoms with Crippen LogP contribution in [0.1, 0.15) is 26.7 Å². The van der Waals surface area contributed by atoms with Gasteiger partial charge in [0.2, 0.25) is 5.91 Å². The fourth-order valence-corrected chi connectivity index (χ4v) is 2.36. The molecule has 6 nitrogen and oxygen atoms in total. The van der Waals surface area contributed by atoms with Gasteiger partial charge in [0.15, 0.2) is 0 Å². The van der Waals surface area contributed by atoms with Gasteiger partial charge < -0.3 is 20.5 Å². The lowest BCUT2D eigenvalue weighted by Crippen LogP contribution is -2.34. The molecule has 0 fully saturated rings. The SMILES string of the molecule is CCOC(=O)C(N)CCSC(C)C(=O)NCCCOC. The minimum Gasteiger partial charge on any atom is -0.465 e. The van der Waals surface area contributed by atoms with E-state index in [0.717, 1.165) is 6.42 Å². The molecule has 20 heavy (non-hydrogen) atoms. The first-order valence-electron chi connectivity index (χ1n) is 6.83. The maximum Gasteiger partial charge on any atom is 0.322 e. The maximum atomic E-state index is 11.7. The third-order valence-corrected chi connectivity index (χ3v) is 3.77. The average Bonchev–Trinajstić information content (AvgIpc) is 2.43. The van der Waals surface area contributed by atoms with E-state index >= 15 is 0 Å². The number of methoxy groups -OCH3 is 1. The first-order valence-corrected chi connectivity index (χ1v) is 7.88. The van der Waals surface area contributed by atoms with Crippen molar-refractivity contribution in [2.75, 3.05) is 32.6 Å². The van der Waals surface area contributed by atoms with E-state index in [-0.39, 0.29) is 17.1 Å². The van der Waals surface area contributed by atoms with E-state index in [2.05, 4.69) is 5.32 Å². The lowest BCUT2D eigenvalue weighted by molar-refractivity contribution is -0.144. The van der Waals surface area contributed by atoms with Crippen LogP contribution in [0.15, 0.2) is 0 Å². The van der Waals surface area contributed by atoms with Crippen LogP contribution in [-0.2, 0) is 19.1 Å². The van der Waals surface area contributed by atoms with Gasteiger partial charge in [-0.05, 0) is 32.4 Å². The zero-order valence-corrected chi connectivity index (χ0v) is 13.3. The van der Waals surface area contributed by atoms with Gasteiger partial charge in [0.25, 0.3) is 0 Å². The summed E-state index contributed by atoms with van der Waals surface area (Å²) in [7, 11) is 1.63. The van der Waals surface area contributed by atoms with E-state index in [4.69, 9.17) is 15.2 Å². The lowest BCUT2D eigenvalue weighted by Gasteiger charge is -2.13. The molecule has 0 rings (SSSR count). The van der Waals surface area contributed by atoms with Crippen molar-refractivity contribution in [3.8, 4) is 0 Å². The van der Waals surface area contributed by atoms with Crippen molar-refractivity contribution >= 4 is 23.6 Å². The van der Waals surface area contributed by atoms with Crippen LogP contribution in [0.2, 0.25) is 0 Å². The van der Waals surface area contributed by atoms with E-state index in [1.165, 1.54) is 11.8 Å². The number of nitrogens with two attached hydrogens (primary N) is 1. The molecule has 7 heteroatoms. The smallest absolute Gasteiger partial charge is 0.322 e. The Morgan fingerprint density at radius 2 is 2.10 bits per heavy atom. The van der Waals surface area contributed by atoms with E-state index in [9.17, 15) is 9.59 Å². The van der Waals surface area contributed by atoms with Crippen LogP contribution < -0.4 is 11.1 Å². The predicted octanol–water partition coefficient (Wildman–Crippen LogP) is 0.541. The van der Waals surface area contributed by atoms with Crippen LogP contribution in [0.25, 0.3) is 0 Å². The van der Waals surface area contributed by atoms with E-state index in [1.54, 1.807) is 14.0 Å². The Labute approximate surface area is 125 Å². The first-order chi connectivity index (χ1) is 9.52. The van der Waals surface area contributed by atoms with Crippen molar-refractivity contribution < 1.29 is 19.1 Å². The predicted molar refractivity (Wildman–Crippen MR) is 80.6 cm³/mol. The molecule has 118 valence electrons. The highest BCUT2D eigenvalue weighted by Gasteiger charge is 2.17. The number of nitrogens with one attached hydrogen (secondary N) is 1. The summed E-state index contributed by atoms with van der Waals surface area (Å²) in [6.07, 6.45) is 1.30. The highest BCUT2D eigenvalue weighted by atomic mass is 32.2. The second kappa shape index (κ2) is 12.0. The van der Waals surface area contributed by atoms with Crippen molar-refractivity contribution in [3.05, 3.63) is 0 Å². The monoisotopic (exact) mass is 306 g/mol. The van der Waals surface area contributed by atoms with Gasteiger partial charge in [-0.2, -0.15) is 0 Å². The van der Waals surface area contributed by atoms with Crippen LogP contribution in [0, 0.1) is 0 Å². The number of hydrogen-bond donors (Lipinski definition) is 2. The Morgan fingerprint density at radius 1 is 1.40 bits per heavy atom. The average molecular weight is 306 g/mol. The van der Waals surface area contributed by atoms with Gasteiger partial charge in [0, 0.05) is 20.3 Å². The number of esters is 1. The molecule has 0 aliphatic heterocycles. The molecular formula is C13H26N2O4S. The van der Waals surface area contributed by atoms with Crippen LogP contribution in [0.4, 0.5) is 0 Å². The van der Waals surface area contributed by atoms with Crippen molar-refractivity contribution in [2.45, 2.75) is 38.0 Å². The molecule has 0 radical (unpaired) electrons. The Bertz CT molecular complexity index is 290. The number of thioether (sulfide) groups is 1. The minimum absolute atomic E-state index is 0.00388. The summed E-state index contributed by atoms with van der Waals surface area (Å²) in [5.74, 6) is 0.257. The highest BCUT2D eigenvalue weighted by Crippen LogP contribution is 2.13. The maximum absolute atomic E-state index is 11.7. The fourth-order valence-electron chi connectivity index (χ4n) is 1.39. The van der Waals surface area contributed by atoms with E-state index in [1.807, 2.05) is 6.92 Å². The summed E-state index contributed by atoms with van der Waals surface area (Å²) < 4.78 is 9.72. The van der Waals surface area contributed by atoms with Gasteiger partial charge in [-0.1, -0.05) is 0 Å². The van der Waals surface area contributed by atoms with Crippen LogP contribution in [0.3, 0.4) is 0 Å². The topological polar surface area (TPSA) is 90.7 Å². The van der Waals surface area contributed by atoms with E-state index in [0.29, 0.717) is 31.9 Å². The molecule has 0 aliphatic carbocycles. The Balaban J connectivity index is 3.73. The normalized spacial score (nSPS) is 13.6. The number of ether oxygens (including phenoxy) is 2. The molecule has 0 aromatic heterocycles. The molecule has 0 spiro atoms. The molecule has 1 amide bonds. The molecular weight excluding hydrogens is 280 g/mol. The summed E-state index contributed by atoms with van der Waals surface area (Å²) in [6, 6.07) is -0.612. The molecule has 0 aromatic rings. The van der Waals surface area contributed by atoms with Gasteiger partial charge in [0.1, 0.15) is 6.04 Å². The number of rotatable bonds is 11. The Hall–Kier alpha value is -0.790. The number of amides is 1. The first kappa shape index (κ1) is 19.2. The Morgan fingerprint density at radius 3 is 2.70 bits per heavy atom. The lowest BCUT2D eigenvalue weighted by atomic mass is 10.2. The summed E-state index contributed by atoms with van der Waals surface area (Å²) in [5, 5.41) is 2.68. The molecule has 0 bridgehead atoms. The van der Waals surface area contributed by atoms with Gasteiger partial charge in [0.05, 0.1) is 11.9 Å². The standard InChI is InChI=1S/C13H26N2O4S/c1-4-19-13(17)11(14)6-9-20-10(2)12(16)15-7-5-8-18-3/h10-11H,4-9,14H2,1-3H3,(H,15,16). The second-order valence-electron chi connectivity index (χ2n) is 4.30. The fraction of sp³-hybridized carbons (Fsp3) is 0.846.